The van der Waals surface area contributed by atoms with Crippen LogP contribution in [0.3, 0.4) is 0 Å². The summed E-state index contributed by atoms with van der Waals surface area (Å²) in [5.41, 5.74) is 7.32. The number of benzene rings is 2. The van der Waals surface area contributed by atoms with Crippen LogP contribution in [0, 0.1) is 18.3 Å². The molecule has 0 radical (unpaired) electrons. The van der Waals surface area contributed by atoms with Crippen LogP contribution in [0.5, 0.6) is 0 Å². The van der Waals surface area contributed by atoms with Crippen LogP contribution in [-0.2, 0) is 34.6 Å². The molecule has 8 heteroatoms. The van der Waals surface area contributed by atoms with E-state index in [-0.39, 0.29) is 12.5 Å². The highest BCUT2D eigenvalue weighted by molar-refractivity contribution is 5.97. The van der Waals surface area contributed by atoms with Crippen molar-refractivity contribution in [3.8, 4) is 17.3 Å². The zero-order valence-electron chi connectivity index (χ0n) is 23.4. The van der Waals surface area contributed by atoms with Gasteiger partial charge in [0.2, 0.25) is 0 Å². The molecule has 4 heterocycles. The number of amides is 1. The SMILES string of the molecule is COCCn1c(C)cc2c(-c3ccc4cnc(CNC(=O)c5ccc6c(c5)[C@](C)(C#N)COC6)cc4n3)cccc21. The number of fused-ring (bicyclic) bond motifs is 3. The molecule has 0 fully saturated rings. The lowest BCUT2D eigenvalue weighted by atomic mass is 9.79. The van der Waals surface area contributed by atoms with Gasteiger partial charge < -0.3 is 19.4 Å². The Kier molecular flexibility index (Phi) is 7.00. The van der Waals surface area contributed by atoms with Gasteiger partial charge in [-0.05, 0) is 67.4 Å². The summed E-state index contributed by atoms with van der Waals surface area (Å²) >= 11 is 0. The minimum Gasteiger partial charge on any atom is -0.383 e. The van der Waals surface area contributed by atoms with E-state index in [1.54, 1.807) is 19.4 Å². The Morgan fingerprint density at radius 2 is 2.07 bits per heavy atom. The molecule has 0 bridgehead atoms. The molecule has 0 aliphatic carbocycles. The van der Waals surface area contributed by atoms with E-state index in [1.807, 2.05) is 37.3 Å². The molecule has 8 nitrogen and oxygen atoms in total. The van der Waals surface area contributed by atoms with Crippen molar-refractivity contribution in [2.75, 3.05) is 20.3 Å². The number of ether oxygens (including phenoxy) is 2. The fraction of sp³-hybridized carbons (Fsp3) is 0.273. The van der Waals surface area contributed by atoms with Crippen molar-refractivity contribution in [1.82, 2.24) is 19.9 Å². The molecule has 0 unspecified atom stereocenters. The van der Waals surface area contributed by atoms with E-state index in [4.69, 9.17) is 14.5 Å². The Balaban J connectivity index is 1.25. The molecule has 2 aromatic carbocycles. The number of methoxy groups -OCH3 is 1. The summed E-state index contributed by atoms with van der Waals surface area (Å²) < 4.78 is 13.2. The zero-order valence-corrected chi connectivity index (χ0v) is 23.4. The second-order valence-corrected chi connectivity index (χ2v) is 10.7. The third-order valence-electron chi connectivity index (χ3n) is 7.87. The van der Waals surface area contributed by atoms with Gasteiger partial charge in [-0.15, -0.1) is 0 Å². The first-order valence-electron chi connectivity index (χ1n) is 13.6. The maximum atomic E-state index is 13.0. The fourth-order valence-corrected chi connectivity index (χ4v) is 5.59. The molecule has 3 aromatic heterocycles. The average Bonchev–Trinajstić information content (AvgIpc) is 3.33. The first-order chi connectivity index (χ1) is 19.9. The summed E-state index contributed by atoms with van der Waals surface area (Å²) in [4.78, 5) is 22.6. The highest BCUT2D eigenvalue weighted by Gasteiger charge is 2.33. The minimum atomic E-state index is -0.775. The summed E-state index contributed by atoms with van der Waals surface area (Å²) in [6.45, 7) is 6.40. The van der Waals surface area contributed by atoms with Crippen molar-refractivity contribution in [3.63, 3.8) is 0 Å². The number of nitrogens with zero attached hydrogens (tertiary/aromatic N) is 4. The van der Waals surface area contributed by atoms with E-state index in [0.717, 1.165) is 50.7 Å². The minimum absolute atomic E-state index is 0.219. The van der Waals surface area contributed by atoms with Gasteiger partial charge in [0.25, 0.3) is 5.91 Å². The predicted octanol–water partition coefficient (Wildman–Crippen LogP) is 5.45. The molecule has 6 rings (SSSR count). The fourth-order valence-electron chi connectivity index (χ4n) is 5.59. The predicted molar refractivity (Wildman–Crippen MR) is 157 cm³/mol. The van der Waals surface area contributed by atoms with Crippen LogP contribution in [0.2, 0.25) is 0 Å². The molecule has 1 aliphatic heterocycles. The van der Waals surface area contributed by atoms with Crippen LogP contribution in [0.1, 0.15) is 39.8 Å². The molecular weight excluding hydrogens is 514 g/mol. The van der Waals surface area contributed by atoms with Gasteiger partial charge in [-0.1, -0.05) is 18.2 Å². The highest BCUT2D eigenvalue weighted by atomic mass is 16.5. The van der Waals surface area contributed by atoms with Crippen molar-refractivity contribution in [3.05, 3.63) is 94.9 Å². The van der Waals surface area contributed by atoms with Crippen LogP contribution in [0.15, 0.2) is 66.9 Å². The lowest BCUT2D eigenvalue weighted by Gasteiger charge is -2.30. The van der Waals surface area contributed by atoms with Gasteiger partial charge in [-0.2, -0.15) is 5.26 Å². The lowest BCUT2D eigenvalue weighted by Crippen LogP contribution is -2.33. The van der Waals surface area contributed by atoms with Gasteiger partial charge >= 0.3 is 0 Å². The van der Waals surface area contributed by atoms with Crippen molar-refractivity contribution in [2.45, 2.75) is 39.0 Å². The topological polar surface area (TPSA) is 102 Å². The maximum Gasteiger partial charge on any atom is 0.251 e. The second-order valence-electron chi connectivity index (χ2n) is 10.7. The Bertz CT molecular complexity index is 1840. The third-order valence-corrected chi connectivity index (χ3v) is 7.87. The standard InChI is InChI=1S/C33H31N5O3/c1-21-13-27-26(5-4-6-31(27)38(21)11-12-40-3)29-10-9-23-16-35-25(15-30(23)37-29)17-36-32(39)22-7-8-24-18-41-20-33(2,19-34)28(24)14-22/h4-10,13-16H,11-12,17-18,20H2,1-3H3,(H,36,39)/t33-/m1/s1. The number of carbonyl (C=O) groups is 1. The van der Waals surface area contributed by atoms with Gasteiger partial charge in [-0.3, -0.25) is 9.78 Å². The smallest absolute Gasteiger partial charge is 0.251 e. The van der Waals surface area contributed by atoms with Crippen molar-refractivity contribution < 1.29 is 14.3 Å². The van der Waals surface area contributed by atoms with Crippen molar-refractivity contribution in [1.29, 1.82) is 5.26 Å². The number of aromatic nitrogens is 3. The molecular formula is C33H31N5O3. The Morgan fingerprint density at radius 1 is 1.20 bits per heavy atom. The van der Waals surface area contributed by atoms with Crippen LogP contribution in [0.4, 0.5) is 0 Å². The zero-order chi connectivity index (χ0) is 28.6. The molecule has 5 aromatic rings. The Labute approximate surface area is 238 Å². The van der Waals surface area contributed by atoms with E-state index in [0.29, 0.717) is 31.1 Å². The van der Waals surface area contributed by atoms with Crippen molar-refractivity contribution >= 4 is 27.7 Å². The average molecular weight is 546 g/mol. The molecule has 1 amide bonds. The van der Waals surface area contributed by atoms with Crippen LogP contribution in [0.25, 0.3) is 33.1 Å². The second kappa shape index (κ2) is 10.8. The summed E-state index contributed by atoms with van der Waals surface area (Å²) in [5.74, 6) is -0.219. The van der Waals surface area contributed by atoms with E-state index in [1.165, 1.54) is 5.69 Å². The molecule has 206 valence electrons. The first-order valence-corrected chi connectivity index (χ1v) is 13.6. The van der Waals surface area contributed by atoms with E-state index < -0.39 is 5.41 Å². The molecule has 0 spiro atoms. The maximum absolute atomic E-state index is 13.0. The molecule has 1 aliphatic rings. The van der Waals surface area contributed by atoms with Gasteiger partial charge in [0.15, 0.2) is 0 Å². The number of rotatable bonds is 7. The number of pyridine rings is 2. The lowest BCUT2D eigenvalue weighted by molar-refractivity contribution is 0.0757. The van der Waals surface area contributed by atoms with Gasteiger partial charge in [0.1, 0.15) is 5.41 Å². The Hall–Kier alpha value is -4.58. The molecule has 0 saturated heterocycles. The normalized spacial score (nSPS) is 16.4. The number of nitriles is 1. The van der Waals surface area contributed by atoms with Crippen molar-refractivity contribution in [2.24, 2.45) is 0 Å². The largest absolute Gasteiger partial charge is 0.383 e. The molecule has 1 N–H and O–H groups in total. The van der Waals surface area contributed by atoms with Gasteiger partial charge in [0.05, 0.1) is 49.3 Å². The number of carbonyl (C=O) groups excluding carboxylic acids is 1. The summed E-state index contributed by atoms with van der Waals surface area (Å²) in [5, 5.41) is 14.8. The number of nitrogens with one attached hydrogen (secondary N) is 1. The number of hydrogen-bond acceptors (Lipinski definition) is 6. The molecule has 1 atom stereocenters. The quantitative estimate of drug-likeness (QED) is 0.292. The number of hydrogen-bond donors (Lipinski definition) is 1. The van der Waals surface area contributed by atoms with Crippen LogP contribution in [-0.4, -0.2) is 40.8 Å². The Morgan fingerprint density at radius 3 is 2.90 bits per heavy atom. The summed E-state index contributed by atoms with van der Waals surface area (Å²) in [6.07, 6.45) is 1.79. The molecule has 41 heavy (non-hydrogen) atoms. The first kappa shape index (κ1) is 26.6. The third kappa shape index (κ3) is 4.95. The number of aryl methyl sites for hydroxylation is 1. The van der Waals surface area contributed by atoms with E-state index >= 15 is 0 Å². The summed E-state index contributed by atoms with van der Waals surface area (Å²) in [6, 6.07) is 22.3. The monoisotopic (exact) mass is 545 g/mol. The van der Waals surface area contributed by atoms with E-state index in [2.05, 4.69) is 52.1 Å². The van der Waals surface area contributed by atoms with Crippen LogP contribution >= 0.6 is 0 Å². The molecule has 0 saturated carbocycles. The summed E-state index contributed by atoms with van der Waals surface area (Å²) in [7, 11) is 1.72. The van der Waals surface area contributed by atoms with E-state index in [9.17, 15) is 10.1 Å². The van der Waals surface area contributed by atoms with Gasteiger partial charge in [0, 0.05) is 53.0 Å². The van der Waals surface area contributed by atoms with Gasteiger partial charge in [-0.25, -0.2) is 4.98 Å². The van der Waals surface area contributed by atoms with Crippen LogP contribution < -0.4 is 5.32 Å². The highest BCUT2D eigenvalue weighted by Crippen LogP contribution is 2.33.